The van der Waals surface area contributed by atoms with Crippen LogP contribution in [0.15, 0.2) is 0 Å². The van der Waals surface area contributed by atoms with Gasteiger partial charge < -0.3 is 23.9 Å². The van der Waals surface area contributed by atoms with Gasteiger partial charge in [-0.15, -0.1) is 0 Å². The van der Waals surface area contributed by atoms with Crippen molar-refractivity contribution in [3.05, 3.63) is 6.92 Å². The number of unbranched alkanes of at least 4 members (excludes halogenated alkanes) is 5. The third-order valence-corrected chi connectivity index (χ3v) is 2.21. The SMILES string of the molecule is [Br-].[CH2-]C(C)(C)CCCCCCCC.[Mg+2]. The molecule has 2 heteroatoms. The molecule has 0 radical (unpaired) electrons. The number of halogens is 1. The first-order valence-electron chi connectivity index (χ1n) is 5.41. The van der Waals surface area contributed by atoms with Crippen molar-refractivity contribution in [2.24, 2.45) is 5.41 Å². The molecule has 0 N–H and O–H groups in total. The summed E-state index contributed by atoms with van der Waals surface area (Å²) in [5.41, 5.74) is 0.296. The molecular formula is C12H25BrMg. The molecule has 0 saturated heterocycles. The van der Waals surface area contributed by atoms with E-state index in [2.05, 4.69) is 27.7 Å². The molecule has 0 unspecified atom stereocenters. The van der Waals surface area contributed by atoms with Crippen LogP contribution in [0.3, 0.4) is 0 Å². The smallest absolute Gasteiger partial charge is 1.00 e. The normalized spacial score (nSPS) is 10.3. The first-order valence-corrected chi connectivity index (χ1v) is 5.41. The van der Waals surface area contributed by atoms with Gasteiger partial charge in [0.25, 0.3) is 0 Å². The molecule has 0 aromatic heterocycles. The number of rotatable bonds is 7. The van der Waals surface area contributed by atoms with Crippen LogP contribution in [-0.4, -0.2) is 23.1 Å². The van der Waals surface area contributed by atoms with E-state index in [0.29, 0.717) is 5.41 Å². The van der Waals surface area contributed by atoms with Gasteiger partial charge in [-0.1, -0.05) is 65.7 Å². The fourth-order valence-corrected chi connectivity index (χ4v) is 1.38. The van der Waals surface area contributed by atoms with Gasteiger partial charge in [0.15, 0.2) is 0 Å². The van der Waals surface area contributed by atoms with Gasteiger partial charge in [-0.3, -0.25) is 0 Å². The summed E-state index contributed by atoms with van der Waals surface area (Å²) < 4.78 is 0. The zero-order valence-corrected chi connectivity index (χ0v) is 13.2. The predicted molar refractivity (Wildman–Crippen MR) is 62.9 cm³/mol. The Morgan fingerprint density at radius 1 is 0.929 bits per heavy atom. The Kier molecular flexibility index (Phi) is 18.2. The second-order valence-corrected chi connectivity index (χ2v) is 4.68. The van der Waals surface area contributed by atoms with Crippen molar-refractivity contribution in [1.82, 2.24) is 0 Å². The molecule has 0 fully saturated rings. The molecule has 0 bridgehead atoms. The van der Waals surface area contributed by atoms with Gasteiger partial charge in [0, 0.05) is 0 Å². The van der Waals surface area contributed by atoms with Crippen LogP contribution >= 0.6 is 0 Å². The Balaban J connectivity index is -0.000000605. The van der Waals surface area contributed by atoms with E-state index in [1.165, 1.54) is 44.9 Å². The molecular weight excluding hydrogens is 248 g/mol. The van der Waals surface area contributed by atoms with Crippen molar-refractivity contribution >= 4 is 23.1 Å². The van der Waals surface area contributed by atoms with E-state index >= 15 is 0 Å². The number of hydrogen-bond donors (Lipinski definition) is 0. The van der Waals surface area contributed by atoms with Crippen LogP contribution < -0.4 is 17.0 Å². The molecule has 14 heavy (non-hydrogen) atoms. The zero-order valence-electron chi connectivity index (χ0n) is 10.2. The van der Waals surface area contributed by atoms with Crippen molar-refractivity contribution in [1.29, 1.82) is 0 Å². The van der Waals surface area contributed by atoms with Gasteiger partial charge >= 0.3 is 23.1 Å². The molecule has 0 amide bonds. The van der Waals surface area contributed by atoms with Crippen LogP contribution in [0.5, 0.6) is 0 Å². The molecule has 82 valence electrons. The maximum absolute atomic E-state index is 4.10. The quantitative estimate of drug-likeness (QED) is 0.372. The standard InChI is InChI=1S/C12H25.BrH.Mg/c1-5-6-7-8-9-10-11-12(2,3)4;;/h2,5-11H2,1,3-4H3;1H;/q-1;;+2/p-1. The topological polar surface area (TPSA) is 0 Å². The summed E-state index contributed by atoms with van der Waals surface area (Å²) in [6, 6.07) is 0. The predicted octanol–water partition coefficient (Wildman–Crippen LogP) is 1.22. The fraction of sp³-hybridized carbons (Fsp3) is 0.917. The Hall–Kier alpha value is 1.25. The Morgan fingerprint density at radius 2 is 1.36 bits per heavy atom. The van der Waals surface area contributed by atoms with Gasteiger partial charge in [0.2, 0.25) is 0 Å². The van der Waals surface area contributed by atoms with Crippen LogP contribution in [0.2, 0.25) is 0 Å². The zero-order chi connectivity index (χ0) is 9.45. The molecule has 0 aliphatic rings. The van der Waals surface area contributed by atoms with Crippen molar-refractivity contribution < 1.29 is 17.0 Å². The second-order valence-electron chi connectivity index (χ2n) is 4.68. The Labute approximate surface area is 118 Å². The molecule has 0 saturated carbocycles. The summed E-state index contributed by atoms with van der Waals surface area (Å²) in [7, 11) is 0. The van der Waals surface area contributed by atoms with Crippen LogP contribution in [0.25, 0.3) is 0 Å². The van der Waals surface area contributed by atoms with Crippen LogP contribution in [0.1, 0.15) is 65.7 Å². The largest absolute Gasteiger partial charge is 2.00 e. The van der Waals surface area contributed by atoms with E-state index in [9.17, 15) is 0 Å². The molecule has 0 aliphatic heterocycles. The second kappa shape index (κ2) is 12.3. The summed E-state index contributed by atoms with van der Waals surface area (Å²) in [5, 5.41) is 0. The summed E-state index contributed by atoms with van der Waals surface area (Å²) in [6.07, 6.45) is 9.64. The van der Waals surface area contributed by atoms with E-state index in [0.717, 1.165) is 0 Å². The van der Waals surface area contributed by atoms with Gasteiger partial charge in [0.1, 0.15) is 0 Å². The monoisotopic (exact) mass is 272 g/mol. The molecule has 0 aromatic carbocycles. The summed E-state index contributed by atoms with van der Waals surface area (Å²) >= 11 is 0. The minimum absolute atomic E-state index is 0. The summed E-state index contributed by atoms with van der Waals surface area (Å²) in [4.78, 5) is 0. The van der Waals surface area contributed by atoms with E-state index < -0.39 is 0 Å². The summed E-state index contributed by atoms with van der Waals surface area (Å²) in [6.45, 7) is 10.8. The molecule has 0 nitrogen and oxygen atoms in total. The molecule has 0 spiro atoms. The maximum Gasteiger partial charge on any atom is 2.00 e. The van der Waals surface area contributed by atoms with Crippen molar-refractivity contribution in [3.8, 4) is 0 Å². The summed E-state index contributed by atoms with van der Waals surface area (Å²) in [5.74, 6) is 0. The molecule has 0 rings (SSSR count). The molecule has 0 aliphatic carbocycles. The van der Waals surface area contributed by atoms with Gasteiger partial charge in [-0.05, 0) is 0 Å². The van der Waals surface area contributed by atoms with Crippen LogP contribution in [0, 0.1) is 12.3 Å². The molecule has 0 aromatic rings. The average Bonchev–Trinajstić information content (AvgIpc) is 1.94. The molecule has 0 atom stereocenters. The van der Waals surface area contributed by atoms with Gasteiger partial charge in [-0.2, -0.15) is 5.41 Å². The van der Waals surface area contributed by atoms with Crippen LogP contribution in [-0.2, 0) is 0 Å². The van der Waals surface area contributed by atoms with E-state index in [1.807, 2.05) is 0 Å². The van der Waals surface area contributed by atoms with E-state index in [1.54, 1.807) is 0 Å². The maximum atomic E-state index is 4.10. The van der Waals surface area contributed by atoms with Crippen molar-refractivity contribution in [2.45, 2.75) is 65.7 Å². The van der Waals surface area contributed by atoms with E-state index in [-0.39, 0.29) is 40.0 Å². The average molecular weight is 274 g/mol. The third kappa shape index (κ3) is 18.9. The number of hydrogen-bond acceptors (Lipinski definition) is 0. The minimum atomic E-state index is 0. The van der Waals surface area contributed by atoms with E-state index in [4.69, 9.17) is 0 Å². The van der Waals surface area contributed by atoms with Crippen LogP contribution in [0.4, 0.5) is 0 Å². The Bertz CT molecular complexity index is 97.0. The third-order valence-electron chi connectivity index (χ3n) is 2.21. The van der Waals surface area contributed by atoms with Crippen molar-refractivity contribution in [3.63, 3.8) is 0 Å². The van der Waals surface area contributed by atoms with Gasteiger partial charge in [-0.25, -0.2) is 0 Å². The fourth-order valence-electron chi connectivity index (χ4n) is 1.38. The van der Waals surface area contributed by atoms with Gasteiger partial charge in [0.05, 0.1) is 0 Å². The van der Waals surface area contributed by atoms with Crippen molar-refractivity contribution in [2.75, 3.05) is 0 Å². The Morgan fingerprint density at radius 3 is 1.79 bits per heavy atom. The minimum Gasteiger partial charge on any atom is -1.00 e. The first kappa shape index (κ1) is 20.6. The first-order chi connectivity index (χ1) is 5.56. The molecule has 0 heterocycles.